The summed E-state index contributed by atoms with van der Waals surface area (Å²) < 4.78 is 11.2. The van der Waals surface area contributed by atoms with E-state index in [2.05, 4.69) is 39.6 Å². The van der Waals surface area contributed by atoms with E-state index in [0.29, 0.717) is 32.7 Å². The Labute approximate surface area is 257 Å². The van der Waals surface area contributed by atoms with Crippen LogP contribution < -0.4 is 5.32 Å². The molecule has 2 N–H and O–H groups in total. The normalized spacial score (nSPS) is 25.1. The van der Waals surface area contributed by atoms with Crippen LogP contribution in [0.5, 0.6) is 0 Å². The molecule has 0 spiro atoms. The topological polar surface area (TPSA) is 117 Å². The lowest BCUT2D eigenvalue weighted by Gasteiger charge is -2.25. The molecule has 4 aliphatic rings. The Hall–Kier alpha value is -4.02. The van der Waals surface area contributed by atoms with Gasteiger partial charge in [0.05, 0.1) is 23.9 Å². The van der Waals surface area contributed by atoms with Gasteiger partial charge in [-0.3, -0.25) is 14.4 Å². The Morgan fingerprint density at radius 3 is 2.11 bits per heavy atom. The summed E-state index contributed by atoms with van der Waals surface area (Å²) in [7, 11) is 0. The number of aromatic nitrogens is 2. The van der Waals surface area contributed by atoms with Gasteiger partial charge in [-0.05, 0) is 73.8 Å². The van der Waals surface area contributed by atoms with Gasteiger partial charge in [-0.1, -0.05) is 36.4 Å². The third-order valence-electron chi connectivity index (χ3n) is 9.41. The lowest BCUT2D eigenvalue weighted by atomic mass is 10.0. The van der Waals surface area contributed by atoms with Gasteiger partial charge in [-0.25, -0.2) is 4.98 Å². The number of benzene rings is 2. The number of imidazole rings is 1. The van der Waals surface area contributed by atoms with E-state index in [0.717, 1.165) is 79.0 Å². The van der Waals surface area contributed by atoms with Gasteiger partial charge in [0.2, 0.25) is 5.91 Å². The van der Waals surface area contributed by atoms with Crippen LogP contribution in [0.3, 0.4) is 0 Å². The molecule has 44 heavy (non-hydrogen) atoms. The summed E-state index contributed by atoms with van der Waals surface area (Å²) in [6.45, 7) is 3.09. The first-order valence-electron chi connectivity index (χ1n) is 15.9. The van der Waals surface area contributed by atoms with E-state index < -0.39 is 0 Å². The molecule has 7 rings (SSSR count). The molecule has 3 aromatic rings. The van der Waals surface area contributed by atoms with Gasteiger partial charge in [0.15, 0.2) is 0 Å². The maximum absolute atomic E-state index is 13.0. The van der Waals surface area contributed by atoms with Crippen molar-refractivity contribution < 1.29 is 23.9 Å². The molecule has 4 atom stereocenters. The van der Waals surface area contributed by atoms with Crippen LogP contribution in [0.25, 0.3) is 22.4 Å². The number of likely N-dealkylation sites (tertiary alicyclic amines) is 2. The lowest BCUT2D eigenvalue weighted by Crippen LogP contribution is -2.38. The highest BCUT2D eigenvalue weighted by Crippen LogP contribution is 2.34. The molecule has 0 aliphatic carbocycles. The van der Waals surface area contributed by atoms with Gasteiger partial charge < -0.3 is 29.6 Å². The molecule has 0 saturated carbocycles. The number of ether oxygens (including phenoxy) is 2. The summed E-state index contributed by atoms with van der Waals surface area (Å²) in [5.74, 6) is 0.660. The molecule has 1 aromatic heterocycles. The van der Waals surface area contributed by atoms with Crippen LogP contribution in [-0.2, 0) is 23.9 Å². The molecule has 0 bridgehead atoms. The third-order valence-corrected chi connectivity index (χ3v) is 9.41. The summed E-state index contributed by atoms with van der Waals surface area (Å²) in [4.78, 5) is 50.4. The Balaban J connectivity index is 0.947. The summed E-state index contributed by atoms with van der Waals surface area (Å²) >= 11 is 0. The Morgan fingerprint density at radius 1 is 0.773 bits per heavy atom. The molecule has 4 saturated heterocycles. The summed E-state index contributed by atoms with van der Waals surface area (Å²) in [6.07, 6.45) is 7.15. The summed E-state index contributed by atoms with van der Waals surface area (Å²) in [5, 5.41) is 3.02. The third kappa shape index (κ3) is 5.88. The van der Waals surface area contributed by atoms with Crippen LogP contribution in [0.15, 0.2) is 54.7 Å². The standard InChI is InChI=1S/C34H39N5O5/c40-32(25-15-17-38(21-25)33(41)29-5-2-18-43-29)36-26-13-11-23(12-14-26)22-7-9-24(10-8-22)27-20-35-31(37-27)28-4-1-16-39(28)34(42)30-6-3-19-44-30/h7-14,20,25,28-30H,1-6,15-19,21H2,(H,35,37)(H,36,40)/t25-,28-,29+,30+/m0/s1. The predicted octanol–water partition coefficient (Wildman–Crippen LogP) is 4.55. The van der Waals surface area contributed by atoms with E-state index in [1.54, 1.807) is 4.90 Å². The molecular weight excluding hydrogens is 558 g/mol. The van der Waals surface area contributed by atoms with E-state index in [4.69, 9.17) is 9.47 Å². The zero-order valence-corrected chi connectivity index (χ0v) is 24.9. The van der Waals surface area contributed by atoms with Gasteiger partial charge in [0.1, 0.15) is 18.0 Å². The highest BCUT2D eigenvalue weighted by molar-refractivity contribution is 5.94. The van der Waals surface area contributed by atoms with Crippen LogP contribution in [0.2, 0.25) is 0 Å². The molecule has 10 heteroatoms. The number of anilines is 1. The first kappa shape index (κ1) is 28.7. The second-order valence-corrected chi connectivity index (χ2v) is 12.3. The maximum Gasteiger partial charge on any atom is 0.252 e. The molecule has 0 unspecified atom stereocenters. The smallest absolute Gasteiger partial charge is 0.252 e. The number of nitrogens with one attached hydrogen (secondary N) is 2. The predicted molar refractivity (Wildman–Crippen MR) is 164 cm³/mol. The maximum atomic E-state index is 13.0. The molecular formula is C34H39N5O5. The Morgan fingerprint density at radius 2 is 1.43 bits per heavy atom. The van der Waals surface area contributed by atoms with Gasteiger partial charge in [0.25, 0.3) is 11.8 Å². The number of amides is 3. The zero-order valence-electron chi connectivity index (χ0n) is 24.9. The average molecular weight is 598 g/mol. The highest BCUT2D eigenvalue weighted by Gasteiger charge is 2.37. The molecule has 3 amide bonds. The van der Waals surface area contributed by atoms with Crippen molar-refractivity contribution >= 4 is 23.4 Å². The minimum atomic E-state index is -0.341. The van der Waals surface area contributed by atoms with Gasteiger partial charge in [0, 0.05) is 38.5 Å². The average Bonchev–Trinajstić information content (AvgIpc) is 3.90. The second kappa shape index (κ2) is 12.5. The minimum absolute atomic E-state index is 0.0168. The van der Waals surface area contributed by atoms with Crippen LogP contribution in [-0.4, -0.2) is 82.5 Å². The zero-order chi connectivity index (χ0) is 30.0. The van der Waals surface area contributed by atoms with Crippen molar-refractivity contribution in [2.45, 2.75) is 63.2 Å². The number of carbonyl (C=O) groups is 3. The molecule has 0 radical (unpaired) electrons. The van der Waals surface area contributed by atoms with E-state index in [1.165, 1.54) is 0 Å². The van der Waals surface area contributed by atoms with Crippen molar-refractivity contribution in [1.82, 2.24) is 19.8 Å². The molecule has 4 fully saturated rings. The number of carbonyl (C=O) groups excluding carboxylic acids is 3. The lowest BCUT2D eigenvalue weighted by molar-refractivity contribution is -0.142. The first-order valence-corrected chi connectivity index (χ1v) is 15.9. The number of rotatable bonds is 7. The quantitative estimate of drug-likeness (QED) is 0.413. The number of aromatic amines is 1. The van der Waals surface area contributed by atoms with Crippen molar-refractivity contribution in [3.05, 3.63) is 60.6 Å². The molecule has 5 heterocycles. The Kier molecular flexibility index (Phi) is 8.18. The van der Waals surface area contributed by atoms with E-state index in [9.17, 15) is 14.4 Å². The van der Waals surface area contributed by atoms with E-state index >= 15 is 0 Å². The van der Waals surface area contributed by atoms with Crippen molar-refractivity contribution in [3.63, 3.8) is 0 Å². The van der Waals surface area contributed by atoms with Crippen LogP contribution >= 0.6 is 0 Å². The monoisotopic (exact) mass is 597 g/mol. The van der Waals surface area contributed by atoms with Crippen LogP contribution in [0, 0.1) is 5.92 Å². The Bertz CT molecular complexity index is 1490. The fraction of sp³-hybridized carbons (Fsp3) is 0.471. The SMILES string of the molecule is O=C(Nc1ccc(-c2ccc(-c3cnc([C@@H]4CCCN4C(=O)[C@H]4CCCO4)[nH]3)cc2)cc1)[C@H]1CCN(C(=O)[C@H]2CCCO2)C1. The van der Waals surface area contributed by atoms with E-state index in [1.807, 2.05) is 35.4 Å². The number of hydrogen-bond acceptors (Lipinski definition) is 6. The fourth-order valence-electron chi connectivity index (χ4n) is 6.91. The van der Waals surface area contributed by atoms with Gasteiger partial charge >= 0.3 is 0 Å². The van der Waals surface area contributed by atoms with Crippen molar-refractivity contribution in [1.29, 1.82) is 0 Å². The summed E-state index contributed by atoms with van der Waals surface area (Å²) in [6, 6.07) is 16.1. The molecule has 4 aliphatic heterocycles. The van der Waals surface area contributed by atoms with Crippen molar-refractivity contribution in [2.24, 2.45) is 5.92 Å². The minimum Gasteiger partial charge on any atom is -0.368 e. The van der Waals surface area contributed by atoms with E-state index in [-0.39, 0.29) is 41.9 Å². The molecule has 10 nitrogen and oxygen atoms in total. The van der Waals surface area contributed by atoms with Crippen LogP contribution in [0.4, 0.5) is 5.69 Å². The number of nitrogens with zero attached hydrogens (tertiary/aromatic N) is 3. The number of H-pyrrole nitrogens is 1. The highest BCUT2D eigenvalue weighted by atomic mass is 16.5. The summed E-state index contributed by atoms with van der Waals surface area (Å²) in [5.41, 5.74) is 4.79. The molecule has 230 valence electrons. The van der Waals surface area contributed by atoms with Gasteiger partial charge in [-0.15, -0.1) is 0 Å². The van der Waals surface area contributed by atoms with Crippen LogP contribution in [0.1, 0.15) is 56.8 Å². The fourth-order valence-corrected chi connectivity index (χ4v) is 6.91. The number of hydrogen-bond donors (Lipinski definition) is 2. The van der Waals surface area contributed by atoms with Gasteiger partial charge in [-0.2, -0.15) is 0 Å². The second-order valence-electron chi connectivity index (χ2n) is 12.3. The van der Waals surface area contributed by atoms with Crippen molar-refractivity contribution in [3.8, 4) is 22.4 Å². The largest absolute Gasteiger partial charge is 0.368 e. The van der Waals surface area contributed by atoms with Crippen molar-refractivity contribution in [2.75, 3.05) is 38.2 Å². The molecule has 2 aromatic carbocycles. The first-order chi connectivity index (χ1) is 21.5.